The number of nitrogens with zero attached hydrogens (tertiary/aromatic N) is 1. The average molecular weight is 305 g/mol. The van der Waals surface area contributed by atoms with Gasteiger partial charge >= 0.3 is 0 Å². The molecule has 0 saturated heterocycles. The predicted octanol–water partition coefficient (Wildman–Crippen LogP) is 3.54. The zero-order valence-corrected chi connectivity index (χ0v) is 12.8. The number of furan rings is 1. The Morgan fingerprint density at radius 3 is 2.59 bits per heavy atom. The van der Waals surface area contributed by atoms with Crippen molar-refractivity contribution in [1.82, 2.24) is 4.90 Å². The van der Waals surface area contributed by atoms with Crippen molar-refractivity contribution in [3.05, 3.63) is 53.7 Å². The van der Waals surface area contributed by atoms with Crippen molar-refractivity contribution in [2.24, 2.45) is 0 Å². The molecular formula is C17H20FNO3. The topological polar surface area (TPSA) is 42.7 Å². The van der Waals surface area contributed by atoms with E-state index in [1.807, 2.05) is 19.1 Å². The third-order valence-corrected chi connectivity index (χ3v) is 3.23. The quantitative estimate of drug-likeness (QED) is 0.735. The lowest BCUT2D eigenvalue weighted by atomic mass is 10.3. The lowest BCUT2D eigenvalue weighted by Gasteiger charge is -2.15. The van der Waals surface area contributed by atoms with Gasteiger partial charge in [0.25, 0.3) is 0 Å². The maximum Gasteiger partial charge on any atom is 0.222 e. The monoisotopic (exact) mass is 305 g/mol. The summed E-state index contributed by atoms with van der Waals surface area (Å²) in [5, 5.41) is 0. The van der Waals surface area contributed by atoms with Crippen molar-refractivity contribution in [3.8, 4) is 5.75 Å². The van der Waals surface area contributed by atoms with Crippen LogP contribution in [0.5, 0.6) is 5.75 Å². The molecule has 4 nitrogen and oxygen atoms in total. The van der Waals surface area contributed by atoms with E-state index in [2.05, 4.69) is 0 Å². The molecule has 0 fully saturated rings. The van der Waals surface area contributed by atoms with Gasteiger partial charge in [-0.2, -0.15) is 0 Å². The average Bonchev–Trinajstić information content (AvgIpc) is 2.90. The number of carbonyl (C=O) groups excluding carboxylic acids is 1. The molecule has 0 radical (unpaired) electrons. The van der Waals surface area contributed by atoms with Crippen LogP contribution in [-0.2, 0) is 11.3 Å². The van der Waals surface area contributed by atoms with Gasteiger partial charge in [-0.25, -0.2) is 4.39 Å². The van der Waals surface area contributed by atoms with Gasteiger partial charge in [0, 0.05) is 13.5 Å². The van der Waals surface area contributed by atoms with E-state index in [1.54, 1.807) is 24.1 Å². The zero-order chi connectivity index (χ0) is 15.9. The van der Waals surface area contributed by atoms with Crippen molar-refractivity contribution >= 4 is 5.91 Å². The first kappa shape index (κ1) is 16.1. The van der Waals surface area contributed by atoms with E-state index >= 15 is 0 Å². The van der Waals surface area contributed by atoms with Crippen LogP contribution in [0.25, 0.3) is 0 Å². The number of aryl methyl sites for hydroxylation is 1. The van der Waals surface area contributed by atoms with Gasteiger partial charge in [0.1, 0.15) is 23.1 Å². The van der Waals surface area contributed by atoms with Crippen molar-refractivity contribution in [2.45, 2.75) is 26.3 Å². The Kier molecular flexibility index (Phi) is 5.58. The number of ether oxygens (including phenoxy) is 1. The fourth-order valence-corrected chi connectivity index (χ4v) is 2.03. The molecule has 1 heterocycles. The van der Waals surface area contributed by atoms with Crippen LogP contribution in [0.3, 0.4) is 0 Å². The Balaban J connectivity index is 1.67. The maximum absolute atomic E-state index is 12.7. The number of hydrogen-bond donors (Lipinski definition) is 0. The molecule has 0 spiro atoms. The van der Waals surface area contributed by atoms with Gasteiger partial charge in [0.05, 0.1) is 13.2 Å². The maximum atomic E-state index is 12.7. The third kappa shape index (κ3) is 4.91. The van der Waals surface area contributed by atoms with Crippen molar-refractivity contribution in [2.75, 3.05) is 13.7 Å². The smallest absolute Gasteiger partial charge is 0.222 e. The highest BCUT2D eigenvalue weighted by molar-refractivity contribution is 5.75. The molecule has 0 aliphatic carbocycles. The summed E-state index contributed by atoms with van der Waals surface area (Å²) >= 11 is 0. The molecule has 1 amide bonds. The minimum Gasteiger partial charge on any atom is -0.494 e. The van der Waals surface area contributed by atoms with Gasteiger partial charge in [-0.3, -0.25) is 4.79 Å². The van der Waals surface area contributed by atoms with Crippen LogP contribution in [0, 0.1) is 12.7 Å². The van der Waals surface area contributed by atoms with Gasteiger partial charge < -0.3 is 14.1 Å². The fourth-order valence-electron chi connectivity index (χ4n) is 2.03. The minimum absolute atomic E-state index is 0.0387. The number of amides is 1. The fraction of sp³-hybridized carbons (Fsp3) is 0.353. The summed E-state index contributed by atoms with van der Waals surface area (Å²) in [4.78, 5) is 13.6. The minimum atomic E-state index is -0.294. The van der Waals surface area contributed by atoms with Gasteiger partial charge in [-0.1, -0.05) is 0 Å². The Morgan fingerprint density at radius 2 is 1.95 bits per heavy atom. The van der Waals surface area contributed by atoms with Crippen molar-refractivity contribution < 1.29 is 18.3 Å². The molecule has 5 heteroatoms. The highest BCUT2D eigenvalue weighted by Crippen LogP contribution is 2.12. The number of halogens is 1. The second-order valence-electron chi connectivity index (χ2n) is 5.17. The Bertz CT molecular complexity index is 607. The molecule has 0 aliphatic heterocycles. The summed E-state index contributed by atoms with van der Waals surface area (Å²) in [5.41, 5.74) is 0. The van der Waals surface area contributed by atoms with E-state index in [4.69, 9.17) is 9.15 Å². The second kappa shape index (κ2) is 7.64. The van der Waals surface area contributed by atoms with Crippen molar-refractivity contribution in [3.63, 3.8) is 0 Å². The largest absolute Gasteiger partial charge is 0.494 e. The van der Waals surface area contributed by atoms with Crippen LogP contribution in [0.2, 0.25) is 0 Å². The molecule has 22 heavy (non-hydrogen) atoms. The molecular weight excluding hydrogens is 285 g/mol. The summed E-state index contributed by atoms with van der Waals surface area (Å²) in [5.74, 6) is 1.96. The van der Waals surface area contributed by atoms with Crippen LogP contribution < -0.4 is 4.74 Å². The summed E-state index contributed by atoms with van der Waals surface area (Å²) in [6, 6.07) is 9.59. The van der Waals surface area contributed by atoms with Gasteiger partial charge in [-0.05, 0) is 49.7 Å². The Morgan fingerprint density at radius 1 is 1.23 bits per heavy atom. The molecule has 2 rings (SSSR count). The van der Waals surface area contributed by atoms with Gasteiger partial charge in [0.2, 0.25) is 5.91 Å². The number of rotatable bonds is 7. The van der Waals surface area contributed by atoms with Crippen LogP contribution in [0.1, 0.15) is 24.4 Å². The van der Waals surface area contributed by atoms with E-state index in [9.17, 15) is 9.18 Å². The SMILES string of the molecule is Cc1ccc(CN(C)C(=O)CCCOc2ccc(F)cc2)o1. The first-order valence-corrected chi connectivity index (χ1v) is 7.22. The summed E-state index contributed by atoms with van der Waals surface area (Å²) in [6.07, 6.45) is 1.01. The molecule has 0 saturated carbocycles. The molecule has 0 N–H and O–H groups in total. The zero-order valence-electron chi connectivity index (χ0n) is 12.8. The van der Waals surface area contributed by atoms with E-state index in [0.29, 0.717) is 31.7 Å². The highest BCUT2D eigenvalue weighted by atomic mass is 19.1. The van der Waals surface area contributed by atoms with E-state index in [0.717, 1.165) is 11.5 Å². The molecule has 0 unspecified atom stereocenters. The van der Waals surface area contributed by atoms with E-state index in [-0.39, 0.29) is 11.7 Å². The predicted molar refractivity (Wildman–Crippen MR) is 81.0 cm³/mol. The number of hydrogen-bond acceptors (Lipinski definition) is 3. The van der Waals surface area contributed by atoms with Gasteiger partial charge in [-0.15, -0.1) is 0 Å². The number of carbonyl (C=O) groups is 1. The molecule has 0 aliphatic rings. The molecule has 2 aromatic rings. The van der Waals surface area contributed by atoms with Crippen LogP contribution >= 0.6 is 0 Å². The normalized spacial score (nSPS) is 10.5. The van der Waals surface area contributed by atoms with Gasteiger partial charge in [0.15, 0.2) is 0 Å². The molecule has 0 bridgehead atoms. The lowest BCUT2D eigenvalue weighted by Crippen LogP contribution is -2.26. The standard InChI is InChI=1S/C17H20FNO3/c1-13-5-8-16(22-13)12-19(2)17(20)4-3-11-21-15-9-6-14(18)7-10-15/h5-10H,3-4,11-12H2,1-2H3. The first-order chi connectivity index (χ1) is 10.5. The molecule has 0 atom stereocenters. The first-order valence-electron chi connectivity index (χ1n) is 7.22. The van der Waals surface area contributed by atoms with Crippen LogP contribution in [-0.4, -0.2) is 24.5 Å². The Hall–Kier alpha value is -2.30. The molecule has 1 aromatic heterocycles. The molecule has 1 aromatic carbocycles. The number of benzene rings is 1. The van der Waals surface area contributed by atoms with E-state index in [1.165, 1.54) is 12.1 Å². The third-order valence-electron chi connectivity index (χ3n) is 3.23. The summed E-state index contributed by atoms with van der Waals surface area (Å²) in [7, 11) is 1.75. The van der Waals surface area contributed by atoms with Crippen molar-refractivity contribution in [1.29, 1.82) is 0 Å². The lowest BCUT2D eigenvalue weighted by molar-refractivity contribution is -0.130. The van der Waals surface area contributed by atoms with Crippen LogP contribution in [0.15, 0.2) is 40.8 Å². The summed E-state index contributed by atoms with van der Waals surface area (Å²) < 4.78 is 23.6. The van der Waals surface area contributed by atoms with Crippen LogP contribution in [0.4, 0.5) is 4.39 Å². The Labute approximate surface area is 129 Å². The summed E-state index contributed by atoms with van der Waals surface area (Å²) in [6.45, 7) is 2.76. The second-order valence-corrected chi connectivity index (χ2v) is 5.17. The molecule has 118 valence electrons. The van der Waals surface area contributed by atoms with E-state index < -0.39 is 0 Å². The highest BCUT2D eigenvalue weighted by Gasteiger charge is 2.11.